The van der Waals surface area contributed by atoms with E-state index >= 15 is 0 Å². The normalized spacial score (nSPS) is 10.6. The molecule has 0 aliphatic carbocycles. The van der Waals surface area contributed by atoms with Gasteiger partial charge in [0.05, 0.1) is 44.5 Å². The van der Waals surface area contributed by atoms with E-state index in [4.69, 9.17) is 53.5 Å². The van der Waals surface area contributed by atoms with Gasteiger partial charge in [-0.1, -0.05) is 196 Å². The largest absolute Gasteiger partial charge is 0.488 e. The van der Waals surface area contributed by atoms with Crippen LogP contribution in [0.4, 0.5) is 24.5 Å². The van der Waals surface area contributed by atoms with Gasteiger partial charge in [-0.3, -0.25) is 28.8 Å². The number of nitrogens with zero attached hydrogens (tertiary/aromatic N) is 17. The molecule has 17 aromatic rings. The monoisotopic (exact) mass is 1990 g/mol. The summed E-state index contributed by atoms with van der Waals surface area (Å²) in [7, 11) is -1.35. The number of anilines is 2. The number of carbonyl (C=O) groups is 2. The maximum absolute atomic E-state index is 12.7. The number of carbonyl (C=O) groups excluding carboxylic acids is 1. The number of halogens is 8. The molecule has 17 rings (SSSR count). The molecule has 0 aliphatic heterocycles. The van der Waals surface area contributed by atoms with Crippen LogP contribution in [0, 0.1) is 20.8 Å². The van der Waals surface area contributed by atoms with Crippen LogP contribution in [0.1, 0.15) is 48.8 Å². The molecule has 0 spiro atoms. The fraction of sp³-hybridized carbons (Fsp3) is 0.0723. The first-order chi connectivity index (χ1) is 60.0. The van der Waals surface area contributed by atoms with Crippen LogP contribution in [-0.4, -0.2) is 146 Å². The van der Waals surface area contributed by atoms with Crippen molar-refractivity contribution < 1.29 is 63.6 Å². The first kappa shape index (κ1) is 93.8. The third-order valence-corrected chi connectivity index (χ3v) is 19.6. The van der Waals surface area contributed by atoms with Crippen molar-refractivity contribution >= 4 is 165 Å². The smallest absolute Gasteiger partial charge is 0.478 e. The highest BCUT2D eigenvalue weighted by Crippen LogP contribution is 2.29. The standard InChI is InChI=1S/C20H14F3N5O2.2C14H11N3O2.C7H9BO2.C7H5BrClNO.2C7H4BrN3O2.C7H6BrNO2/c21-20(22,23)11-13-2-4-14(5-3-13)15-6-7-17-16(10-15)19(29)28(27-26-17)30-12-18-24-8-1-9-25-18;2*1-9-2-4-10(5-3-9)11-6-7-13-12(8-11)14(18)17(19)16-15-13;1-6-2-4-7(5-3-6)8(9)10;8-4-1-2-6(10)5(3-4)7(9)11;2*8-4-1-2-6-5(3-4)7(12)11(13)10-9-6;8-4-1-2-6(9)5(3-4)7(10)11/h1-10H,11-12H2;2*2-8,19H,1H3;2-5,9-10H,1H3;1-3H,10H2;2*1-3,13H;1-3H,9H2,(H,10,11). The Bertz CT molecular complexity index is 6820. The van der Waals surface area contributed by atoms with Crippen molar-refractivity contribution in [2.24, 2.45) is 0 Å². The van der Waals surface area contributed by atoms with E-state index in [0.717, 1.165) is 46.1 Å². The molecule has 0 unspecified atom stereocenters. The van der Waals surface area contributed by atoms with Gasteiger partial charge < -0.3 is 52.3 Å². The zero-order valence-electron chi connectivity index (χ0n) is 65.3. The maximum atomic E-state index is 12.7. The molecule has 0 aliphatic rings. The van der Waals surface area contributed by atoms with Gasteiger partial charge in [-0.05, 0) is 242 Å². The molecule has 0 radical (unpaired) electrons. The number of aromatic carboxylic acids is 1. The Balaban J connectivity index is 0.000000155. The second-order valence-electron chi connectivity index (χ2n) is 26.4. The maximum Gasteiger partial charge on any atom is 0.488 e. The van der Waals surface area contributed by atoms with Gasteiger partial charge in [0, 0.05) is 41.7 Å². The SMILES string of the molecule is Cc1ccc(-c2ccc3nnn(O)c(=O)c3c2)cc1.Cc1ccc(-c2ccc3nnn(O)c(=O)c3c2)cc1.Cc1ccc(B(O)O)cc1.Nc1ccc(Br)cc1C(=O)Cl.Nc1ccc(Br)cc1C(=O)O.O=c1c2cc(-c3ccc(CC(F)(F)F)cc3)ccc2nnn1OCc1ncccn1.O=c1c2cc(Br)ccc2nnn1O.O=c1c2cc(Br)ccc2nnn1O. The molecule has 11 aromatic carbocycles. The third kappa shape index (κ3) is 25.8. The Labute approximate surface area is 745 Å². The van der Waals surface area contributed by atoms with E-state index in [1.165, 1.54) is 29.3 Å². The van der Waals surface area contributed by atoms with Gasteiger partial charge in [0.2, 0.25) is 0 Å². The summed E-state index contributed by atoms with van der Waals surface area (Å²) >= 11 is 18.0. The van der Waals surface area contributed by atoms with Gasteiger partial charge >= 0.3 is 47.1 Å². The molecule has 126 heavy (non-hydrogen) atoms. The lowest BCUT2D eigenvalue weighted by molar-refractivity contribution is -0.127. The van der Waals surface area contributed by atoms with E-state index in [9.17, 15) is 57.1 Å². The minimum atomic E-state index is -4.26. The molecule has 0 amide bonds. The summed E-state index contributed by atoms with van der Waals surface area (Å²) in [5.74, 6) is -0.636. The Morgan fingerprint density at radius 2 is 0.730 bits per heavy atom. The van der Waals surface area contributed by atoms with Crippen molar-refractivity contribution in [1.29, 1.82) is 0 Å². The van der Waals surface area contributed by atoms with Crippen LogP contribution >= 0.6 is 75.3 Å². The molecule has 43 heteroatoms. The van der Waals surface area contributed by atoms with Crippen LogP contribution in [0.15, 0.2) is 285 Å². The van der Waals surface area contributed by atoms with Gasteiger partial charge in [-0.15, -0.1) is 25.5 Å². The zero-order chi connectivity index (χ0) is 91.2. The van der Waals surface area contributed by atoms with Crippen LogP contribution in [0.2, 0.25) is 0 Å². The topological polar surface area (TPSA) is 502 Å². The van der Waals surface area contributed by atoms with E-state index in [1.807, 2.05) is 93.6 Å². The number of aromatic nitrogens is 17. The summed E-state index contributed by atoms with van der Waals surface area (Å²) in [4.78, 5) is 95.0. The fourth-order valence-electron chi connectivity index (χ4n) is 10.9. The first-order valence-electron chi connectivity index (χ1n) is 36.2. The molecule has 6 heterocycles. The predicted molar refractivity (Wildman–Crippen MR) is 476 cm³/mol. The van der Waals surface area contributed by atoms with Crippen LogP contribution in [0.5, 0.6) is 0 Å². The van der Waals surface area contributed by atoms with E-state index in [2.05, 4.69) is 125 Å². The number of hydrogen-bond acceptors (Lipinski definition) is 28. The minimum Gasteiger partial charge on any atom is -0.478 e. The quantitative estimate of drug-likeness (QED) is 0.0266. The summed E-state index contributed by atoms with van der Waals surface area (Å²) in [6.45, 7) is 5.92. The number of rotatable bonds is 10. The van der Waals surface area contributed by atoms with Gasteiger partial charge in [0.1, 0.15) is 27.6 Å². The number of fused-ring (bicyclic) bond motifs is 5. The number of alkyl halides is 3. The number of hydrogen-bond donors (Lipinski definition) is 9. The Morgan fingerprint density at radius 1 is 0.421 bits per heavy atom. The molecule has 0 saturated heterocycles. The second kappa shape index (κ2) is 43.1. The average molecular weight is 1990 g/mol. The van der Waals surface area contributed by atoms with E-state index in [0.29, 0.717) is 87.3 Å². The number of aryl methyl sites for hydroxylation is 3. The molecular formula is C83H64BBr4ClF3N19O15. The molecular weight excluding hydrogens is 1930 g/mol. The highest BCUT2D eigenvalue weighted by Gasteiger charge is 2.27. The van der Waals surface area contributed by atoms with Crippen molar-refractivity contribution in [3.63, 3.8) is 0 Å². The predicted octanol–water partition coefficient (Wildman–Crippen LogP) is 12.4. The lowest BCUT2D eigenvalue weighted by Crippen LogP contribution is -2.30. The summed E-state index contributed by atoms with van der Waals surface area (Å²) in [6, 6.07) is 65.9. The third-order valence-electron chi connectivity index (χ3n) is 17.4. The van der Waals surface area contributed by atoms with Crippen molar-refractivity contribution in [3.8, 4) is 33.4 Å². The van der Waals surface area contributed by atoms with E-state index in [-0.39, 0.29) is 48.2 Å². The van der Waals surface area contributed by atoms with Gasteiger partial charge in [-0.2, -0.15) is 13.2 Å². The van der Waals surface area contributed by atoms with E-state index in [1.54, 1.807) is 152 Å². The summed E-state index contributed by atoms with van der Waals surface area (Å²) in [6.07, 6.45) is -2.16. The van der Waals surface area contributed by atoms with Crippen molar-refractivity contribution in [2.75, 3.05) is 11.5 Å². The van der Waals surface area contributed by atoms with Gasteiger partial charge in [0.15, 0.2) is 12.4 Å². The number of carboxylic acids is 1. The number of nitrogen functional groups attached to an aromatic ring is 2. The zero-order valence-corrected chi connectivity index (χ0v) is 72.4. The molecule has 11 N–H and O–H groups in total. The van der Waals surface area contributed by atoms with Crippen molar-refractivity contribution in [2.45, 2.75) is 40.0 Å². The average Bonchev–Trinajstić information content (AvgIpc) is 0.801. The molecule has 640 valence electrons. The number of carboxylic acid groups (broad SMARTS) is 1. The van der Waals surface area contributed by atoms with Crippen LogP contribution < -0.4 is 49.6 Å². The second-order valence-corrected chi connectivity index (χ2v) is 30.4. The lowest BCUT2D eigenvalue weighted by Gasteiger charge is -2.09. The van der Waals surface area contributed by atoms with Crippen LogP contribution in [-0.2, 0) is 13.0 Å². The summed E-state index contributed by atoms with van der Waals surface area (Å²) < 4.78 is 40.6. The van der Waals surface area contributed by atoms with Crippen LogP contribution in [0.3, 0.4) is 0 Å². The van der Waals surface area contributed by atoms with Crippen LogP contribution in [0.25, 0.3) is 87.9 Å². The van der Waals surface area contributed by atoms with Crippen molar-refractivity contribution in [3.05, 3.63) is 352 Å². The highest BCUT2D eigenvalue weighted by molar-refractivity contribution is 9.11. The molecule has 0 atom stereocenters. The fourth-order valence-corrected chi connectivity index (χ4v) is 12.5. The van der Waals surface area contributed by atoms with E-state index < -0.39 is 58.7 Å². The summed E-state index contributed by atoms with van der Waals surface area (Å²) in [5, 5.41) is 98.9. The Hall–Kier alpha value is -14.4. The summed E-state index contributed by atoms with van der Waals surface area (Å²) in [5.41, 5.74) is 20.7. The Kier molecular flexibility index (Phi) is 32.1. The number of benzene rings is 11. The minimum absolute atomic E-state index is 0.0682. The van der Waals surface area contributed by atoms with Gasteiger partial charge in [-0.25, -0.2) is 14.8 Å². The molecule has 6 aromatic heterocycles. The highest BCUT2D eigenvalue weighted by atomic mass is 79.9. The van der Waals surface area contributed by atoms with Crippen molar-refractivity contribution in [1.82, 2.24) is 85.8 Å². The Morgan fingerprint density at radius 3 is 1.08 bits per heavy atom. The lowest BCUT2D eigenvalue weighted by atomic mass is 9.80. The molecule has 0 fully saturated rings. The number of nitrogens with two attached hydrogens (primary N) is 2. The molecule has 0 saturated carbocycles. The first-order valence-corrected chi connectivity index (χ1v) is 39.7. The van der Waals surface area contributed by atoms with Gasteiger partial charge in [0.25, 0.3) is 5.24 Å². The molecule has 34 nitrogen and oxygen atoms in total. The molecule has 0 bridgehead atoms.